The van der Waals surface area contributed by atoms with Crippen LogP contribution in [0.4, 0.5) is 5.69 Å². The number of hydrogen-bond acceptors (Lipinski definition) is 4. The molecule has 1 heterocycles. The molecule has 25 heavy (non-hydrogen) atoms. The van der Waals surface area contributed by atoms with Crippen molar-refractivity contribution >= 4 is 35.1 Å². The molecule has 0 aromatic heterocycles. The summed E-state index contributed by atoms with van der Waals surface area (Å²) in [7, 11) is 0. The monoisotopic (exact) mass is 357 g/mol. The Morgan fingerprint density at radius 2 is 1.72 bits per heavy atom. The van der Waals surface area contributed by atoms with Crippen LogP contribution in [0, 0.1) is 0 Å². The third-order valence-electron chi connectivity index (χ3n) is 3.95. The molecule has 0 bridgehead atoms. The van der Waals surface area contributed by atoms with Gasteiger partial charge in [0.2, 0.25) is 0 Å². The van der Waals surface area contributed by atoms with Gasteiger partial charge in [-0.05, 0) is 36.8 Å². The van der Waals surface area contributed by atoms with Crippen LogP contribution in [0.5, 0.6) is 0 Å². The number of carbonyl (C=O) groups is 3. The summed E-state index contributed by atoms with van der Waals surface area (Å²) in [5.74, 6) is -1.42. The fourth-order valence-electron chi connectivity index (χ4n) is 2.62. The summed E-state index contributed by atoms with van der Waals surface area (Å²) in [6.45, 7) is 2.28. The van der Waals surface area contributed by atoms with Crippen LogP contribution < -0.4 is 4.90 Å². The van der Waals surface area contributed by atoms with Crippen molar-refractivity contribution in [3.63, 3.8) is 0 Å². The Morgan fingerprint density at radius 1 is 1.08 bits per heavy atom. The SMILES string of the molecule is CCCCOC(=O)c1cc(N2C(=O)c3ccccc3C2=O)ccc1Cl. The predicted octanol–water partition coefficient (Wildman–Crippen LogP) is 4.10. The Kier molecular flexibility index (Phi) is 4.86. The molecule has 5 nitrogen and oxygen atoms in total. The Bertz CT molecular complexity index is 827. The molecular weight excluding hydrogens is 342 g/mol. The summed E-state index contributed by atoms with van der Waals surface area (Å²) in [6, 6.07) is 11.0. The van der Waals surface area contributed by atoms with Crippen molar-refractivity contribution < 1.29 is 19.1 Å². The van der Waals surface area contributed by atoms with Crippen molar-refractivity contribution in [3.05, 3.63) is 64.2 Å². The number of imide groups is 1. The van der Waals surface area contributed by atoms with Gasteiger partial charge in [-0.1, -0.05) is 37.1 Å². The van der Waals surface area contributed by atoms with Crippen molar-refractivity contribution in [2.24, 2.45) is 0 Å². The van der Waals surface area contributed by atoms with Crippen LogP contribution in [-0.4, -0.2) is 24.4 Å². The predicted molar refractivity (Wildman–Crippen MR) is 94.2 cm³/mol. The van der Waals surface area contributed by atoms with Gasteiger partial charge >= 0.3 is 5.97 Å². The van der Waals surface area contributed by atoms with E-state index in [1.54, 1.807) is 24.3 Å². The van der Waals surface area contributed by atoms with Gasteiger partial charge in [0, 0.05) is 0 Å². The highest BCUT2D eigenvalue weighted by Gasteiger charge is 2.36. The van der Waals surface area contributed by atoms with Gasteiger partial charge in [0.15, 0.2) is 0 Å². The minimum Gasteiger partial charge on any atom is -0.462 e. The molecular formula is C19H16ClNO4. The topological polar surface area (TPSA) is 63.7 Å². The normalized spacial score (nSPS) is 13.1. The van der Waals surface area contributed by atoms with E-state index in [1.807, 2.05) is 6.92 Å². The Hall–Kier alpha value is -2.66. The minimum absolute atomic E-state index is 0.131. The number of esters is 1. The molecule has 1 aliphatic heterocycles. The van der Waals surface area contributed by atoms with E-state index in [-0.39, 0.29) is 16.3 Å². The average molecular weight is 358 g/mol. The van der Waals surface area contributed by atoms with Gasteiger partial charge in [0.25, 0.3) is 11.8 Å². The van der Waals surface area contributed by atoms with Gasteiger partial charge in [0.1, 0.15) is 0 Å². The number of ether oxygens (including phenoxy) is 1. The molecule has 0 atom stereocenters. The number of nitrogens with zero attached hydrogens (tertiary/aromatic N) is 1. The van der Waals surface area contributed by atoms with E-state index in [9.17, 15) is 14.4 Å². The molecule has 0 saturated heterocycles. The summed E-state index contributed by atoms with van der Waals surface area (Å²) in [4.78, 5) is 38.3. The molecule has 0 aliphatic carbocycles. The maximum atomic E-state index is 12.5. The van der Waals surface area contributed by atoms with Crippen molar-refractivity contribution in [1.29, 1.82) is 0 Å². The van der Waals surface area contributed by atoms with Crippen LogP contribution in [0.3, 0.4) is 0 Å². The third kappa shape index (κ3) is 3.15. The van der Waals surface area contributed by atoms with Crippen LogP contribution >= 0.6 is 11.6 Å². The second-order valence-electron chi connectivity index (χ2n) is 5.64. The van der Waals surface area contributed by atoms with Gasteiger partial charge in [-0.15, -0.1) is 0 Å². The smallest absolute Gasteiger partial charge is 0.339 e. The number of amides is 2. The summed E-state index contributed by atoms with van der Waals surface area (Å²) in [5, 5.41) is 0.210. The molecule has 0 N–H and O–H groups in total. The molecule has 2 aromatic carbocycles. The van der Waals surface area contributed by atoms with Crippen LogP contribution in [-0.2, 0) is 4.74 Å². The van der Waals surface area contributed by atoms with Gasteiger partial charge in [-0.25, -0.2) is 9.69 Å². The van der Waals surface area contributed by atoms with Gasteiger partial charge in [0.05, 0.1) is 34.0 Å². The van der Waals surface area contributed by atoms with Crippen molar-refractivity contribution in [2.75, 3.05) is 11.5 Å². The lowest BCUT2D eigenvalue weighted by Gasteiger charge is -2.15. The first-order valence-corrected chi connectivity index (χ1v) is 8.37. The van der Waals surface area contributed by atoms with Crippen LogP contribution in [0.1, 0.15) is 50.8 Å². The first-order valence-electron chi connectivity index (χ1n) is 7.99. The van der Waals surface area contributed by atoms with E-state index in [4.69, 9.17) is 16.3 Å². The standard InChI is InChI=1S/C19H16ClNO4/c1-2-3-10-25-19(24)15-11-12(8-9-16(15)20)21-17(22)13-6-4-5-7-14(13)18(21)23/h4-9,11H,2-3,10H2,1H3. The highest BCUT2D eigenvalue weighted by Crippen LogP contribution is 2.31. The maximum absolute atomic E-state index is 12.5. The van der Waals surface area contributed by atoms with Gasteiger partial charge in [-0.2, -0.15) is 0 Å². The number of rotatable bonds is 5. The maximum Gasteiger partial charge on any atom is 0.339 e. The number of fused-ring (bicyclic) bond motifs is 1. The highest BCUT2D eigenvalue weighted by atomic mass is 35.5. The van der Waals surface area contributed by atoms with E-state index in [1.165, 1.54) is 18.2 Å². The van der Waals surface area contributed by atoms with Gasteiger partial charge < -0.3 is 4.74 Å². The van der Waals surface area contributed by atoms with E-state index in [0.717, 1.165) is 17.7 Å². The summed E-state index contributed by atoms with van der Waals surface area (Å²) in [6.07, 6.45) is 1.65. The van der Waals surface area contributed by atoms with Crippen molar-refractivity contribution in [2.45, 2.75) is 19.8 Å². The largest absolute Gasteiger partial charge is 0.462 e. The zero-order valence-electron chi connectivity index (χ0n) is 13.6. The summed E-state index contributed by atoms with van der Waals surface area (Å²) < 4.78 is 5.17. The highest BCUT2D eigenvalue weighted by molar-refractivity contribution is 6.36. The Morgan fingerprint density at radius 3 is 2.32 bits per heavy atom. The molecule has 0 fully saturated rings. The first kappa shape index (κ1) is 17.2. The zero-order chi connectivity index (χ0) is 18.0. The lowest BCUT2D eigenvalue weighted by atomic mass is 10.1. The second-order valence-corrected chi connectivity index (χ2v) is 6.05. The number of halogens is 1. The molecule has 6 heteroatoms. The van der Waals surface area contributed by atoms with Gasteiger partial charge in [-0.3, -0.25) is 9.59 Å². The summed E-state index contributed by atoms with van der Waals surface area (Å²) in [5.41, 5.74) is 1.11. The first-order chi connectivity index (χ1) is 12.0. The molecule has 0 unspecified atom stereocenters. The fourth-order valence-corrected chi connectivity index (χ4v) is 2.81. The quantitative estimate of drug-likeness (QED) is 0.459. The van der Waals surface area contributed by atoms with Crippen molar-refractivity contribution in [1.82, 2.24) is 0 Å². The third-order valence-corrected chi connectivity index (χ3v) is 4.28. The molecule has 128 valence electrons. The number of benzene rings is 2. The molecule has 2 aromatic rings. The van der Waals surface area contributed by atoms with E-state index in [0.29, 0.717) is 17.7 Å². The lowest BCUT2D eigenvalue weighted by Crippen LogP contribution is -2.29. The zero-order valence-corrected chi connectivity index (χ0v) is 14.4. The number of hydrogen-bond donors (Lipinski definition) is 0. The molecule has 0 saturated carbocycles. The Labute approximate surface area is 150 Å². The van der Waals surface area contributed by atoms with Crippen LogP contribution in [0.25, 0.3) is 0 Å². The minimum atomic E-state index is -0.572. The van der Waals surface area contributed by atoms with Crippen molar-refractivity contribution in [3.8, 4) is 0 Å². The van der Waals surface area contributed by atoms with E-state index < -0.39 is 17.8 Å². The molecule has 1 aliphatic rings. The summed E-state index contributed by atoms with van der Waals surface area (Å²) >= 11 is 6.08. The van der Waals surface area contributed by atoms with E-state index in [2.05, 4.69) is 0 Å². The molecule has 2 amide bonds. The molecule has 3 rings (SSSR count). The second kappa shape index (κ2) is 7.07. The number of anilines is 1. The lowest BCUT2D eigenvalue weighted by molar-refractivity contribution is 0.0499. The fraction of sp³-hybridized carbons (Fsp3) is 0.211. The average Bonchev–Trinajstić information content (AvgIpc) is 2.87. The van der Waals surface area contributed by atoms with E-state index >= 15 is 0 Å². The Balaban J connectivity index is 1.92. The number of unbranched alkanes of at least 4 members (excludes halogenated alkanes) is 1. The number of carbonyl (C=O) groups excluding carboxylic acids is 3. The molecule has 0 spiro atoms. The van der Waals surface area contributed by atoms with Crippen LogP contribution in [0.2, 0.25) is 5.02 Å². The van der Waals surface area contributed by atoms with Crippen LogP contribution in [0.15, 0.2) is 42.5 Å². The molecule has 0 radical (unpaired) electrons.